The van der Waals surface area contributed by atoms with Crippen molar-refractivity contribution in [2.24, 2.45) is 0 Å². The Labute approximate surface area is 168 Å². The topological polar surface area (TPSA) is 59.1 Å². The third kappa shape index (κ3) is 3.80. The molecule has 0 fully saturated rings. The van der Waals surface area contributed by atoms with E-state index in [0.717, 1.165) is 10.4 Å². The van der Waals surface area contributed by atoms with Crippen molar-refractivity contribution in [3.05, 3.63) is 64.3 Å². The first-order valence-electron chi connectivity index (χ1n) is 7.64. The lowest BCUT2D eigenvalue weighted by Gasteiger charge is -2.08. The van der Waals surface area contributed by atoms with Crippen molar-refractivity contribution < 1.29 is 8.42 Å². The summed E-state index contributed by atoms with van der Waals surface area (Å²) >= 11 is 7.55. The molecule has 3 rings (SSSR count). The molecule has 1 N–H and O–H groups in total. The van der Waals surface area contributed by atoms with Crippen molar-refractivity contribution in [1.82, 2.24) is 10.3 Å². The van der Waals surface area contributed by atoms with Crippen LogP contribution in [-0.2, 0) is 16.4 Å². The molecule has 0 saturated heterocycles. The first kappa shape index (κ1) is 20.9. The van der Waals surface area contributed by atoms with Gasteiger partial charge in [0.15, 0.2) is 0 Å². The fraction of sp³-hybridized carbons (Fsp3) is 0.167. The van der Waals surface area contributed by atoms with Crippen LogP contribution in [0.2, 0.25) is 5.15 Å². The van der Waals surface area contributed by atoms with E-state index in [0.29, 0.717) is 27.0 Å². The number of nitrogens with one attached hydrogen (secondary N) is 1. The van der Waals surface area contributed by atoms with Crippen LogP contribution in [0.4, 0.5) is 0 Å². The largest absolute Gasteiger partial charge is 0.315 e. The van der Waals surface area contributed by atoms with Crippen LogP contribution in [0.25, 0.3) is 11.1 Å². The van der Waals surface area contributed by atoms with Gasteiger partial charge in [0.2, 0.25) is 9.84 Å². The molecular weight excluding hydrogens is 411 g/mol. The molecule has 138 valence electrons. The zero-order valence-electron chi connectivity index (χ0n) is 14.2. The normalized spacial score (nSPS) is 11.2. The maximum absolute atomic E-state index is 13.2. The minimum absolute atomic E-state index is 0. The van der Waals surface area contributed by atoms with Gasteiger partial charge in [0.05, 0.1) is 4.90 Å². The molecule has 0 bridgehead atoms. The minimum atomic E-state index is -3.65. The average molecular weight is 429 g/mol. The summed E-state index contributed by atoms with van der Waals surface area (Å²) in [5, 5.41) is 3.38. The molecule has 0 amide bonds. The predicted molar refractivity (Wildman–Crippen MR) is 109 cm³/mol. The fourth-order valence-corrected chi connectivity index (χ4v) is 6.21. The van der Waals surface area contributed by atoms with Gasteiger partial charge in [-0.3, -0.25) is 0 Å². The second kappa shape index (κ2) is 8.50. The van der Waals surface area contributed by atoms with E-state index in [-0.39, 0.29) is 17.3 Å². The molecule has 26 heavy (non-hydrogen) atoms. The zero-order chi connectivity index (χ0) is 18.0. The zero-order valence-corrected chi connectivity index (χ0v) is 17.4. The Morgan fingerprint density at radius 3 is 2.46 bits per heavy atom. The number of halogens is 2. The second-order valence-electron chi connectivity index (χ2n) is 5.50. The van der Waals surface area contributed by atoms with E-state index in [1.807, 2.05) is 14.0 Å². The Hall–Kier alpha value is -1.44. The van der Waals surface area contributed by atoms with Crippen molar-refractivity contribution in [2.45, 2.75) is 22.6 Å². The molecule has 0 aliphatic rings. The van der Waals surface area contributed by atoms with Gasteiger partial charge < -0.3 is 5.32 Å². The maximum atomic E-state index is 13.2. The summed E-state index contributed by atoms with van der Waals surface area (Å²) in [6.45, 7) is 2.51. The summed E-state index contributed by atoms with van der Waals surface area (Å²) in [6, 6.07) is 12.0. The summed E-state index contributed by atoms with van der Waals surface area (Å²) in [7, 11) is -1.82. The molecule has 0 spiro atoms. The molecule has 0 aliphatic carbocycles. The number of nitrogens with zero attached hydrogens (tertiary/aromatic N) is 1. The fourth-order valence-electron chi connectivity index (χ4n) is 2.64. The summed E-state index contributed by atoms with van der Waals surface area (Å²) in [5.41, 5.74) is 2.18. The van der Waals surface area contributed by atoms with Crippen LogP contribution < -0.4 is 5.32 Å². The highest BCUT2D eigenvalue weighted by Crippen LogP contribution is 2.43. The van der Waals surface area contributed by atoms with E-state index in [1.54, 1.807) is 48.7 Å². The van der Waals surface area contributed by atoms with E-state index in [1.165, 1.54) is 11.3 Å². The summed E-state index contributed by atoms with van der Waals surface area (Å²) in [5.74, 6) is 0. The van der Waals surface area contributed by atoms with E-state index in [2.05, 4.69) is 10.3 Å². The lowest BCUT2D eigenvalue weighted by atomic mass is 10.1. The SMILES string of the molecule is CNCc1sc(S(=O)(=O)c2ccccc2)c(-c2cccnc2Cl)c1C.Cl. The highest BCUT2D eigenvalue weighted by Gasteiger charge is 2.28. The van der Waals surface area contributed by atoms with Gasteiger partial charge in [-0.1, -0.05) is 29.8 Å². The van der Waals surface area contributed by atoms with Crippen LogP contribution >= 0.6 is 35.3 Å². The first-order chi connectivity index (χ1) is 12.0. The molecule has 3 aromatic rings. The van der Waals surface area contributed by atoms with Gasteiger partial charge in [0.25, 0.3) is 0 Å². The lowest BCUT2D eigenvalue weighted by molar-refractivity contribution is 0.598. The van der Waals surface area contributed by atoms with Crippen LogP contribution in [0.3, 0.4) is 0 Å². The number of hydrogen-bond donors (Lipinski definition) is 1. The Balaban J connectivity index is 0.00000243. The van der Waals surface area contributed by atoms with Gasteiger partial charge in [0.1, 0.15) is 9.36 Å². The van der Waals surface area contributed by atoms with Crippen LogP contribution in [0.5, 0.6) is 0 Å². The molecule has 0 atom stereocenters. The van der Waals surface area contributed by atoms with E-state index >= 15 is 0 Å². The molecular formula is C18H18Cl2N2O2S2. The molecule has 0 aliphatic heterocycles. The second-order valence-corrected chi connectivity index (χ2v) is 9.11. The quantitative estimate of drug-likeness (QED) is 0.595. The number of thiophene rings is 1. The standard InChI is InChI=1S/C18H17ClN2O2S2.ClH/c1-12-15(11-20-2)24-18(16(12)14-9-6-10-21-17(14)19)25(22,23)13-7-4-3-5-8-13;/h3-10,20H,11H2,1-2H3;1H. The van der Waals surface area contributed by atoms with Crippen molar-refractivity contribution in [2.75, 3.05) is 7.05 Å². The molecule has 0 saturated carbocycles. The predicted octanol–water partition coefficient (Wildman–Crippen LogP) is 4.75. The van der Waals surface area contributed by atoms with E-state index < -0.39 is 9.84 Å². The molecule has 0 unspecified atom stereocenters. The number of rotatable bonds is 5. The van der Waals surface area contributed by atoms with Gasteiger partial charge in [-0.05, 0) is 43.8 Å². The number of pyridine rings is 1. The van der Waals surface area contributed by atoms with Gasteiger partial charge in [-0.25, -0.2) is 13.4 Å². The van der Waals surface area contributed by atoms with Crippen LogP contribution in [0.1, 0.15) is 10.4 Å². The number of aromatic nitrogens is 1. The molecule has 4 nitrogen and oxygen atoms in total. The van der Waals surface area contributed by atoms with Crippen molar-refractivity contribution in [3.8, 4) is 11.1 Å². The number of hydrogen-bond acceptors (Lipinski definition) is 5. The third-order valence-corrected chi connectivity index (χ3v) is 7.76. The van der Waals surface area contributed by atoms with E-state index in [4.69, 9.17) is 11.6 Å². The van der Waals surface area contributed by atoms with Crippen LogP contribution in [0, 0.1) is 6.92 Å². The van der Waals surface area contributed by atoms with Crippen molar-refractivity contribution in [1.29, 1.82) is 0 Å². The molecule has 2 heterocycles. The summed E-state index contributed by atoms with van der Waals surface area (Å²) in [4.78, 5) is 5.34. The first-order valence-corrected chi connectivity index (χ1v) is 10.3. The van der Waals surface area contributed by atoms with Gasteiger partial charge in [-0.2, -0.15) is 0 Å². The Morgan fingerprint density at radius 1 is 1.15 bits per heavy atom. The summed E-state index contributed by atoms with van der Waals surface area (Å²) < 4.78 is 26.8. The molecule has 8 heteroatoms. The Morgan fingerprint density at radius 2 is 1.85 bits per heavy atom. The number of sulfone groups is 1. The Bertz CT molecular complexity index is 1000. The van der Waals surface area contributed by atoms with Crippen molar-refractivity contribution in [3.63, 3.8) is 0 Å². The molecule has 2 aromatic heterocycles. The van der Waals surface area contributed by atoms with Crippen molar-refractivity contribution >= 4 is 45.2 Å². The number of benzene rings is 1. The highest BCUT2D eigenvalue weighted by molar-refractivity contribution is 7.93. The van der Waals surface area contributed by atoms with E-state index in [9.17, 15) is 8.42 Å². The van der Waals surface area contributed by atoms with Crippen LogP contribution in [0.15, 0.2) is 57.8 Å². The summed E-state index contributed by atoms with van der Waals surface area (Å²) in [6.07, 6.45) is 1.59. The van der Waals surface area contributed by atoms with Gasteiger partial charge >= 0.3 is 0 Å². The monoisotopic (exact) mass is 428 g/mol. The molecule has 0 radical (unpaired) electrons. The lowest BCUT2D eigenvalue weighted by Crippen LogP contribution is -2.04. The average Bonchev–Trinajstić information content (AvgIpc) is 2.94. The Kier molecular flexibility index (Phi) is 6.82. The minimum Gasteiger partial charge on any atom is -0.315 e. The highest BCUT2D eigenvalue weighted by atomic mass is 35.5. The third-order valence-electron chi connectivity index (χ3n) is 3.88. The van der Waals surface area contributed by atoms with Gasteiger partial charge in [0, 0.05) is 28.7 Å². The maximum Gasteiger partial charge on any atom is 0.216 e. The van der Waals surface area contributed by atoms with Crippen LogP contribution in [-0.4, -0.2) is 20.4 Å². The van der Waals surface area contributed by atoms with Gasteiger partial charge in [-0.15, -0.1) is 23.7 Å². The smallest absolute Gasteiger partial charge is 0.216 e. The molecule has 1 aromatic carbocycles.